The van der Waals surface area contributed by atoms with Crippen molar-refractivity contribution in [2.24, 2.45) is 0 Å². The largest absolute Gasteiger partial charge is 0.333 e. The minimum absolute atomic E-state index is 0.349. The second-order valence-electron chi connectivity index (χ2n) is 3.54. The lowest BCUT2D eigenvalue weighted by Gasteiger charge is -2.05. The molecule has 0 aliphatic heterocycles. The topological polar surface area (TPSA) is 65.6 Å². The van der Waals surface area contributed by atoms with Crippen LogP contribution in [0.3, 0.4) is 0 Å². The molecule has 0 saturated carbocycles. The Morgan fingerprint density at radius 1 is 1.50 bits per heavy atom. The average Bonchev–Trinajstić information content (AvgIpc) is 2.90. The molecule has 0 bridgehead atoms. The van der Waals surface area contributed by atoms with Gasteiger partial charge in [0.15, 0.2) is 6.29 Å². The van der Waals surface area contributed by atoms with Gasteiger partial charge in [0.2, 0.25) is 0 Å². The first-order valence-corrected chi connectivity index (χ1v) is 5.17. The van der Waals surface area contributed by atoms with Gasteiger partial charge in [-0.3, -0.25) is 4.79 Å². The molecule has 0 aliphatic rings. The number of hydrogen-bond donors (Lipinski definition) is 0. The monoisotopic (exact) mass is 219 g/mol. The van der Waals surface area contributed by atoms with Gasteiger partial charge in [-0.15, -0.1) is 5.10 Å². The molecule has 2 aromatic rings. The number of aromatic nitrogens is 5. The second-order valence-corrected chi connectivity index (χ2v) is 3.54. The lowest BCUT2D eigenvalue weighted by atomic mass is 10.4. The van der Waals surface area contributed by atoms with E-state index >= 15 is 0 Å². The first-order chi connectivity index (χ1) is 7.83. The second kappa shape index (κ2) is 4.69. The molecule has 0 aromatic carbocycles. The van der Waals surface area contributed by atoms with Crippen LogP contribution in [0.15, 0.2) is 18.7 Å². The highest BCUT2D eigenvalue weighted by Gasteiger charge is 2.04. The molecule has 6 heteroatoms. The zero-order valence-electron chi connectivity index (χ0n) is 9.08. The van der Waals surface area contributed by atoms with Crippen molar-refractivity contribution in [3.05, 3.63) is 30.1 Å². The molecule has 0 spiro atoms. The first-order valence-electron chi connectivity index (χ1n) is 5.17. The third-order valence-corrected chi connectivity index (χ3v) is 2.26. The van der Waals surface area contributed by atoms with E-state index in [1.165, 1.54) is 0 Å². The SMILES string of the molecule is CCCn1cncc1Cn1cc(C=O)nn1. The Labute approximate surface area is 92.9 Å². The fraction of sp³-hybridized carbons (Fsp3) is 0.400. The van der Waals surface area contributed by atoms with Crippen molar-refractivity contribution < 1.29 is 4.79 Å². The zero-order valence-corrected chi connectivity index (χ0v) is 9.08. The van der Waals surface area contributed by atoms with Crippen LogP contribution in [0.2, 0.25) is 0 Å². The number of carbonyl (C=O) groups excluding carboxylic acids is 1. The molecule has 0 N–H and O–H groups in total. The highest BCUT2D eigenvalue weighted by molar-refractivity contribution is 5.70. The summed E-state index contributed by atoms with van der Waals surface area (Å²) in [6, 6.07) is 0. The number of aryl methyl sites for hydroxylation is 1. The van der Waals surface area contributed by atoms with Crippen molar-refractivity contribution in [2.45, 2.75) is 26.4 Å². The van der Waals surface area contributed by atoms with Gasteiger partial charge in [-0.25, -0.2) is 9.67 Å². The highest BCUT2D eigenvalue weighted by atomic mass is 16.1. The molecule has 0 unspecified atom stereocenters. The molecule has 0 fully saturated rings. The third-order valence-electron chi connectivity index (χ3n) is 2.26. The summed E-state index contributed by atoms with van der Waals surface area (Å²) < 4.78 is 3.70. The van der Waals surface area contributed by atoms with Crippen molar-refractivity contribution in [1.29, 1.82) is 0 Å². The maximum Gasteiger partial charge on any atom is 0.171 e. The standard InChI is InChI=1S/C10H13N5O/c1-2-3-14-8-11-4-10(14)6-15-5-9(7-16)12-13-15/h4-5,7-8H,2-3,6H2,1H3. The normalized spacial score (nSPS) is 10.6. The Bertz CT molecular complexity index is 473. The van der Waals surface area contributed by atoms with Gasteiger partial charge in [-0.05, 0) is 6.42 Å². The van der Waals surface area contributed by atoms with E-state index in [1.54, 1.807) is 23.4 Å². The summed E-state index contributed by atoms with van der Waals surface area (Å²) in [7, 11) is 0. The van der Waals surface area contributed by atoms with Gasteiger partial charge in [0.1, 0.15) is 5.69 Å². The molecule has 0 aliphatic carbocycles. The van der Waals surface area contributed by atoms with E-state index in [1.807, 2.05) is 0 Å². The van der Waals surface area contributed by atoms with Gasteiger partial charge < -0.3 is 4.57 Å². The number of rotatable bonds is 5. The van der Waals surface area contributed by atoms with Gasteiger partial charge in [0, 0.05) is 6.54 Å². The van der Waals surface area contributed by atoms with Crippen LogP contribution in [0.5, 0.6) is 0 Å². The summed E-state index contributed by atoms with van der Waals surface area (Å²) >= 11 is 0. The van der Waals surface area contributed by atoms with Crippen molar-refractivity contribution in [3.63, 3.8) is 0 Å². The molecular weight excluding hydrogens is 206 g/mol. The number of nitrogens with zero attached hydrogens (tertiary/aromatic N) is 5. The first kappa shape index (κ1) is 10.5. The van der Waals surface area contributed by atoms with Gasteiger partial charge in [-0.2, -0.15) is 0 Å². The summed E-state index contributed by atoms with van der Waals surface area (Å²) in [5, 5.41) is 7.56. The number of carbonyl (C=O) groups is 1. The summed E-state index contributed by atoms with van der Waals surface area (Å²) in [6.07, 6.45) is 6.97. The predicted octanol–water partition coefficient (Wildman–Crippen LogP) is 0.745. The zero-order chi connectivity index (χ0) is 11.4. The minimum atomic E-state index is 0.349. The Morgan fingerprint density at radius 3 is 3.06 bits per heavy atom. The van der Waals surface area contributed by atoms with E-state index in [9.17, 15) is 4.79 Å². The maximum absolute atomic E-state index is 10.5. The van der Waals surface area contributed by atoms with Crippen LogP contribution in [-0.4, -0.2) is 30.8 Å². The fourth-order valence-electron chi connectivity index (χ4n) is 1.53. The molecule has 2 aromatic heterocycles. The lowest BCUT2D eigenvalue weighted by Crippen LogP contribution is -2.07. The molecule has 16 heavy (non-hydrogen) atoms. The summed E-state index contributed by atoms with van der Waals surface area (Å²) in [5.41, 5.74) is 1.41. The number of imidazole rings is 1. The smallest absolute Gasteiger partial charge is 0.171 e. The van der Waals surface area contributed by atoms with Gasteiger partial charge in [0.25, 0.3) is 0 Å². The average molecular weight is 219 g/mol. The molecule has 0 saturated heterocycles. The van der Waals surface area contributed by atoms with Gasteiger partial charge in [0.05, 0.1) is 31.0 Å². The summed E-state index contributed by atoms with van der Waals surface area (Å²) in [4.78, 5) is 14.6. The molecule has 0 atom stereocenters. The minimum Gasteiger partial charge on any atom is -0.333 e. The summed E-state index contributed by atoms with van der Waals surface area (Å²) in [5.74, 6) is 0. The van der Waals surface area contributed by atoms with E-state index in [0.29, 0.717) is 18.5 Å². The van der Waals surface area contributed by atoms with Crippen LogP contribution < -0.4 is 0 Å². The van der Waals surface area contributed by atoms with E-state index < -0.39 is 0 Å². The van der Waals surface area contributed by atoms with Crippen molar-refractivity contribution in [1.82, 2.24) is 24.5 Å². The number of hydrogen-bond acceptors (Lipinski definition) is 4. The molecule has 2 heterocycles. The van der Waals surface area contributed by atoms with E-state index in [-0.39, 0.29) is 0 Å². The maximum atomic E-state index is 10.5. The molecule has 0 radical (unpaired) electrons. The quantitative estimate of drug-likeness (QED) is 0.696. The van der Waals surface area contributed by atoms with Crippen molar-refractivity contribution in [3.8, 4) is 0 Å². The van der Waals surface area contributed by atoms with Gasteiger partial charge in [-0.1, -0.05) is 12.1 Å². The van der Waals surface area contributed by atoms with E-state index in [4.69, 9.17) is 0 Å². The Hall–Kier alpha value is -1.98. The fourth-order valence-corrected chi connectivity index (χ4v) is 1.53. The lowest BCUT2D eigenvalue weighted by molar-refractivity contribution is 0.111. The van der Waals surface area contributed by atoms with E-state index in [0.717, 1.165) is 18.7 Å². The van der Waals surface area contributed by atoms with Gasteiger partial charge >= 0.3 is 0 Å². The Balaban J connectivity index is 2.13. The van der Waals surface area contributed by atoms with Crippen LogP contribution in [0.1, 0.15) is 29.5 Å². The molecule has 84 valence electrons. The Kier molecular flexibility index (Phi) is 3.09. The van der Waals surface area contributed by atoms with Crippen LogP contribution in [0, 0.1) is 0 Å². The Morgan fingerprint density at radius 2 is 2.38 bits per heavy atom. The molecule has 0 amide bonds. The summed E-state index contributed by atoms with van der Waals surface area (Å²) in [6.45, 7) is 3.63. The van der Waals surface area contributed by atoms with Crippen molar-refractivity contribution >= 4 is 6.29 Å². The number of aldehydes is 1. The van der Waals surface area contributed by atoms with Crippen LogP contribution in [0.25, 0.3) is 0 Å². The van der Waals surface area contributed by atoms with Crippen LogP contribution in [-0.2, 0) is 13.1 Å². The molecule has 6 nitrogen and oxygen atoms in total. The van der Waals surface area contributed by atoms with E-state index in [2.05, 4.69) is 26.8 Å². The van der Waals surface area contributed by atoms with Crippen LogP contribution in [0.4, 0.5) is 0 Å². The molecule has 2 rings (SSSR count). The van der Waals surface area contributed by atoms with Crippen molar-refractivity contribution in [2.75, 3.05) is 0 Å². The molecular formula is C10H13N5O. The van der Waals surface area contributed by atoms with Crippen LogP contribution >= 0.6 is 0 Å². The third kappa shape index (κ3) is 2.16. The predicted molar refractivity (Wildman–Crippen MR) is 57.0 cm³/mol. The highest BCUT2D eigenvalue weighted by Crippen LogP contribution is 2.03.